The number of hydrogen-bond acceptors (Lipinski definition) is 6. The van der Waals surface area contributed by atoms with Gasteiger partial charge in [-0.25, -0.2) is 9.59 Å². The van der Waals surface area contributed by atoms with Crippen molar-refractivity contribution in [3.63, 3.8) is 0 Å². The van der Waals surface area contributed by atoms with Crippen molar-refractivity contribution in [2.45, 2.75) is 46.8 Å². The molecule has 0 fully saturated rings. The zero-order chi connectivity index (χ0) is 23.3. The van der Waals surface area contributed by atoms with Gasteiger partial charge in [-0.3, -0.25) is 9.59 Å². The number of amides is 1. The number of Topliss-reactive ketones (excluding diaryl/α,β-unsaturated/α-hetero) is 1. The Morgan fingerprint density at radius 2 is 1.61 bits per heavy atom. The number of benzene rings is 1. The molecule has 0 aliphatic carbocycles. The summed E-state index contributed by atoms with van der Waals surface area (Å²) >= 11 is 0. The van der Waals surface area contributed by atoms with E-state index in [0.29, 0.717) is 16.8 Å². The number of aryl methyl sites for hydroxylation is 1. The first-order chi connectivity index (χ1) is 14.6. The van der Waals surface area contributed by atoms with Crippen molar-refractivity contribution in [2.75, 3.05) is 7.11 Å². The number of H-pyrrole nitrogens is 1. The number of aromatic nitrogens is 1. The van der Waals surface area contributed by atoms with Gasteiger partial charge in [0.05, 0.1) is 18.4 Å². The standard InChI is InChI=1S/C23H28N2O6/c1-12(2)18(25-21(27)16-10-8-7-9-11-16)23(29)31-15(5)20(26)19-13(3)17(14(4)24-19)22(28)30-6/h7-12,15,18,24H,1-6H3,(H,25,27). The minimum absolute atomic E-state index is 0.174. The predicted octanol–water partition coefficient (Wildman–Crippen LogP) is 2.99. The second-order valence-electron chi connectivity index (χ2n) is 7.62. The van der Waals surface area contributed by atoms with E-state index in [1.54, 1.807) is 58.0 Å². The van der Waals surface area contributed by atoms with Gasteiger partial charge in [0, 0.05) is 11.3 Å². The molecule has 166 valence electrons. The molecular formula is C23H28N2O6. The molecule has 0 aliphatic rings. The highest BCUT2D eigenvalue weighted by molar-refractivity contribution is 6.04. The Hall–Kier alpha value is -3.42. The normalized spacial score (nSPS) is 12.7. The maximum atomic E-state index is 12.9. The zero-order valence-electron chi connectivity index (χ0n) is 18.6. The molecule has 1 aromatic heterocycles. The topological polar surface area (TPSA) is 115 Å². The Morgan fingerprint density at radius 3 is 2.16 bits per heavy atom. The maximum Gasteiger partial charge on any atom is 0.339 e. The molecule has 8 heteroatoms. The van der Waals surface area contributed by atoms with Crippen LogP contribution in [0.5, 0.6) is 0 Å². The fourth-order valence-corrected chi connectivity index (χ4v) is 3.22. The summed E-state index contributed by atoms with van der Waals surface area (Å²) in [5.74, 6) is -2.43. The third kappa shape index (κ3) is 5.39. The van der Waals surface area contributed by atoms with Crippen LogP contribution in [0.1, 0.15) is 63.2 Å². The highest BCUT2D eigenvalue weighted by Crippen LogP contribution is 2.21. The minimum Gasteiger partial charge on any atom is -0.465 e. The van der Waals surface area contributed by atoms with E-state index in [0.717, 1.165) is 0 Å². The lowest BCUT2D eigenvalue weighted by Gasteiger charge is -2.23. The first-order valence-electron chi connectivity index (χ1n) is 9.96. The highest BCUT2D eigenvalue weighted by atomic mass is 16.5. The lowest BCUT2D eigenvalue weighted by atomic mass is 10.0. The second-order valence-corrected chi connectivity index (χ2v) is 7.62. The molecule has 0 bridgehead atoms. The van der Waals surface area contributed by atoms with Crippen LogP contribution >= 0.6 is 0 Å². The molecule has 2 rings (SSSR count). The molecule has 0 spiro atoms. The van der Waals surface area contributed by atoms with Gasteiger partial charge < -0.3 is 19.8 Å². The first-order valence-corrected chi connectivity index (χ1v) is 9.96. The van der Waals surface area contributed by atoms with E-state index in [-0.39, 0.29) is 17.2 Å². The van der Waals surface area contributed by atoms with Crippen LogP contribution in [0.15, 0.2) is 30.3 Å². The molecule has 0 saturated heterocycles. The SMILES string of the molecule is COC(=O)c1c(C)[nH]c(C(=O)C(C)OC(=O)C(NC(=O)c2ccccc2)C(C)C)c1C. The van der Waals surface area contributed by atoms with E-state index in [2.05, 4.69) is 10.3 Å². The summed E-state index contributed by atoms with van der Waals surface area (Å²) < 4.78 is 10.1. The molecule has 0 radical (unpaired) electrons. The van der Waals surface area contributed by atoms with Crippen LogP contribution in [-0.4, -0.2) is 47.9 Å². The van der Waals surface area contributed by atoms with Crippen molar-refractivity contribution < 1.29 is 28.7 Å². The molecule has 31 heavy (non-hydrogen) atoms. The van der Waals surface area contributed by atoms with Gasteiger partial charge in [0.25, 0.3) is 5.91 Å². The minimum atomic E-state index is -1.12. The predicted molar refractivity (Wildman–Crippen MR) is 114 cm³/mol. The third-order valence-electron chi connectivity index (χ3n) is 4.98. The molecule has 2 unspecified atom stereocenters. The number of ketones is 1. The average molecular weight is 428 g/mol. The molecule has 0 aliphatic heterocycles. The van der Waals surface area contributed by atoms with Crippen LogP contribution < -0.4 is 5.32 Å². The molecule has 2 atom stereocenters. The van der Waals surface area contributed by atoms with E-state index >= 15 is 0 Å². The van der Waals surface area contributed by atoms with Gasteiger partial charge in [-0.05, 0) is 44.4 Å². The average Bonchev–Trinajstić information content (AvgIpc) is 3.04. The van der Waals surface area contributed by atoms with Crippen molar-refractivity contribution in [1.82, 2.24) is 10.3 Å². The molecule has 1 amide bonds. The Bertz CT molecular complexity index is 977. The smallest absolute Gasteiger partial charge is 0.339 e. The fourth-order valence-electron chi connectivity index (χ4n) is 3.22. The molecule has 1 heterocycles. The van der Waals surface area contributed by atoms with Crippen LogP contribution in [0.2, 0.25) is 0 Å². The van der Waals surface area contributed by atoms with Crippen molar-refractivity contribution in [3.8, 4) is 0 Å². The van der Waals surface area contributed by atoms with Gasteiger partial charge in [-0.15, -0.1) is 0 Å². The summed E-state index contributed by atoms with van der Waals surface area (Å²) in [6.45, 7) is 8.26. The number of esters is 2. The molecule has 8 nitrogen and oxygen atoms in total. The largest absolute Gasteiger partial charge is 0.465 e. The van der Waals surface area contributed by atoms with Crippen LogP contribution in [0.25, 0.3) is 0 Å². The van der Waals surface area contributed by atoms with Crippen LogP contribution in [0, 0.1) is 19.8 Å². The van der Waals surface area contributed by atoms with Crippen molar-refractivity contribution in [1.29, 1.82) is 0 Å². The summed E-state index contributed by atoms with van der Waals surface area (Å²) in [7, 11) is 1.26. The van der Waals surface area contributed by atoms with Crippen molar-refractivity contribution in [2.24, 2.45) is 5.92 Å². The lowest BCUT2D eigenvalue weighted by Crippen LogP contribution is -2.46. The van der Waals surface area contributed by atoms with Crippen LogP contribution in [0.3, 0.4) is 0 Å². The van der Waals surface area contributed by atoms with Gasteiger partial charge in [0.1, 0.15) is 6.04 Å². The molecule has 0 saturated carbocycles. The molecule has 2 N–H and O–H groups in total. The number of rotatable bonds is 8. The van der Waals surface area contributed by atoms with Crippen molar-refractivity contribution in [3.05, 3.63) is 58.4 Å². The first kappa shape index (κ1) is 23.9. The number of aromatic amines is 1. The Kier molecular flexibility index (Phi) is 7.74. The van der Waals surface area contributed by atoms with Crippen molar-refractivity contribution >= 4 is 23.6 Å². The fraction of sp³-hybridized carbons (Fsp3) is 0.391. The number of carbonyl (C=O) groups excluding carboxylic acids is 4. The Labute approximate surface area is 181 Å². The van der Waals surface area contributed by atoms with Gasteiger partial charge in [0.2, 0.25) is 5.78 Å². The van der Waals surface area contributed by atoms with E-state index in [1.807, 2.05) is 0 Å². The maximum absolute atomic E-state index is 12.9. The number of nitrogens with one attached hydrogen (secondary N) is 2. The summed E-state index contributed by atoms with van der Waals surface area (Å²) in [4.78, 5) is 52.9. The zero-order valence-corrected chi connectivity index (χ0v) is 18.6. The summed E-state index contributed by atoms with van der Waals surface area (Å²) in [5, 5.41) is 2.67. The van der Waals surface area contributed by atoms with Crippen LogP contribution in [0.4, 0.5) is 0 Å². The summed E-state index contributed by atoms with van der Waals surface area (Å²) in [5.41, 5.74) is 1.78. The Balaban J connectivity index is 2.14. The molecular weight excluding hydrogens is 400 g/mol. The third-order valence-corrected chi connectivity index (χ3v) is 4.98. The second kappa shape index (κ2) is 10.1. The number of carbonyl (C=O) groups is 4. The Morgan fingerprint density at radius 1 is 1.00 bits per heavy atom. The molecule has 1 aromatic carbocycles. The van der Waals surface area contributed by atoms with Gasteiger partial charge in [-0.1, -0.05) is 32.0 Å². The van der Waals surface area contributed by atoms with E-state index in [4.69, 9.17) is 9.47 Å². The lowest BCUT2D eigenvalue weighted by molar-refractivity contribution is -0.149. The van der Waals surface area contributed by atoms with E-state index in [1.165, 1.54) is 14.0 Å². The molecule has 2 aromatic rings. The quantitative estimate of drug-likeness (QED) is 0.493. The number of ether oxygens (including phenoxy) is 2. The van der Waals surface area contributed by atoms with E-state index < -0.39 is 35.8 Å². The van der Waals surface area contributed by atoms with Gasteiger partial charge >= 0.3 is 11.9 Å². The van der Waals surface area contributed by atoms with Crippen LogP contribution in [-0.2, 0) is 14.3 Å². The number of methoxy groups -OCH3 is 1. The summed E-state index contributed by atoms with van der Waals surface area (Å²) in [6, 6.07) is 7.58. The van der Waals surface area contributed by atoms with E-state index in [9.17, 15) is 19.2 Å². The number of hydrogen-bond donors (Lipinski definition) is 2. The monoisotopic (exact) mass is 428 g/mol. The highest BCUT2D eigenvalue weighted by Gasteiger charge is 2.31. The summed E-state index contributed by atoms with van der Waals surface area (Å²) in [6.07, 6.45) is -1.12. The van der Waals surface area contributed by atoms with Gasteiger partial charge in [0.15, 0.2) is 6.10 Å². The van der Waals surface area contributed by atoms with Gasteiger partial charge in [-0.2, -0.15) is 0 Å².